The van der Waals surface area contributed by atoms with Gasteiger partial charge in [0.25, 0.3) is 0 Å². The Balaban J connectivity index is 1.97. The number of imidazole rings is 1. The molecule has 1 aliphatic heterocycles. The highest BCUT2D eigenvalue weighted by atomic mass is 16.1. The Kier molecular flexibility index (Phi) is 2.23. The number of carbonyl (C=O) groups excluding carboxylic acids is 2. The van der Waals surface area contributed by atoms with E-state index in [2.05, 4.69) is 17.2 Å². The van der Waals surface area contributed by atoms with Crippen molar-refractivity contribution in [2.45, 2.75) is 26.1 Å². The Morgan fingerprint density at radius 1 is 1.20 bits per heavy atom. The van der Waals surface area contributed by atoms with Crippen molar-refractivity contribution in [3.05, 3.63) is 52.6 Å². The summed E-state index contributed by atoms with van der Waals surface area (Å²) in [5, 5.41) is 3.29. The summed E-state index contributed by atoms with van der Waals surface area (Å²) in [5.74, 6) is 0.524. The summed E-state index contributed by atoms with van der Waals surface area (Å²) >= 11 is 0. The second-order valence-corrected chi connectivity index (χ2v) is 5.32. The van der Waals surface area contributed by atoms with Crippen molar-refractivity contribution in [3.8, 4) is 0 Å². The average Bonchev–Trinajstić information content (AvgIpc) is 2.84. The lowest BCUT2D eigenvalue weighted by atomic mass is 9.90. The van der Waals surface area contributed by atoms with Crippen molar-refractivity contribution < 1.29 is 9.59 Å². The monoisotopic (exact) mass is 267 g/mol. The van der Waals surface area contributed by atoms with Gasteiger partial charge in [0.15, 0.2) is 0 Å². The van der Waals surface area contributed by atoms with Crippen molar-refractivity contribution in [2.24, 2.45) is 0 Å². The SMILES string of the molecule is CC1Cn2c(nc3c2C(=O)c2ccccc2C3=O)CN1. The first kappa shape index (κ1) is 11.5. The van der Waals surface area contributed by atoms with E-state index in [0.717, 1.165) is 5.82 Å². The summed E-state index contributed by atoms with van der Waals surface area (Å²) in [4.78, 5) is 29.6. The van der Waals surface area contributed by atoms with E-state index in [0.29, 0.717) is 35.6 Å². The first-order valence-corrected chi connectivity index (χ1v) is 6.68. The van der Waals surface area contributed by atoms with E-state index in [4.69, 9.17) is 0 Å². The second-order valence-electron chi connectivity index (χ2n) is 5.32. The molecule has 0 bridgehead atoms. The van der Waals surface area contributed by atoms with Gasteiger partial charge in [-0.2, -0.15) is 0 Å². The number of hydrogen-bond acceptors (Lipinski definition) is 4. The van der Waals surface area contributed by atoms with Crippen LogP contribution in [0.5, 0.6) is 0 Å². The van der Waals surface area contributed by atoms with Crippen LogP contribution in [0.25, 0.3) is 0 Å². The molecule has 5 nitrogen and oxygen atoms in total. The van der Waals surface area contributed by atoms with Crippen molar-refractivity contribution in [2.75, 3.05) is 0 Å². The molecule has 2 heterocycles. The fourth-order valence-electron chi connectivity index (χ4n) is 2.96. The van der Waals surface area contributed by atoms with E-state index in [1.165, 1.54) is 0 Å². The molecular weight excluding hydrogens is 254 g/mol. The summed E-state index contributed by atoms with van der Waals surface area (Å²) in [6, 6.07) is 7.22. The Hall–Kier alpha value is -2.27. The molecule has 1 aromatic heterocycles. The molecule has 1 aromatic carbocycles. The van der Waals surface area contributed by atoms with Gasteiger partial charge in [-0.25, -0.2) is 4.98 Å². The summed E-state index contributed by atoms with van der Waals surface area (Å²) < 4.78 is 1.90. The van der Waals surface area contributed by atoms with E-state index in [1.807, 2.05) is 4.57 Å². The summed E-state index contributed by atoms with van der Waals surface area (Å²) in [6.45, 7) is 3.31. The topological polar surface area (TPSA) is 64.0 Å². The fraction of sp³-hybridized carbons (Fsp3) is 0.267. The minimum absolute atomic E-state index is 0.0944. The molecule has 0 amide bonds. The normalized spacial score (nSPS) is 20.4. The van der Waals surface area contributed by atoms with E-state index >= 15 is 0 Å². The molecule has 5 heteroatoms. The van der Waals surface area contributed by atoms with Crippen LogP contribution >= 0.6 is 0 Å². The van der Waals surface area contributed by atoms with Gasteiger partial charge in [0, 0.05) is 23.7 Å². The molecule has 20 heavy (non-hydrogen) atoms. The second kappa shape index (κ2) is 3.86. The number of fused-ring (bicyclic) bond motifs is 4. The largest absolute Gasteiger partial charge is 0.322 e. The first-order valence-electron chi connectivity index (χ1n) is 6.68. The molecule has 4 rings (SSSR count). The Labute approximate surface area is 115 Å². The third-order valence-electron chi connectivity index (χ3n) is 3.96. The van der Waals surface area contributed by atoms with Crippen LogP contribution in [0.3, 0.4) is 0 Å². The smallest absolute Gasteiger partial charge is 0.214 e. The number of nitrogens with zero attached hydrogens (tertiary/aromatic N) is 2. The van der Waals surface area contributed by atoms with Gasteiger partial charge in [0.05, 0.1) is 6.54 Å². The average molecular weight is 267 g/mol. The fourth-order valence-corrected chi connectivity index (χ4v) is 2.96. The van der Waals surface area contributed by atoms with Crippen molar-refractivity contribution in [1.29, 1.82) is 0 Å². The van der Waals surface area contributed by atoms with Gasteiger partial charge in [-0.3, -0.25) is 9.59 Å². The van der Waals surface area contributed by atoms with Gasteiger partial charge in [0.1, 0.15) is 17.2 Å². The van der Waals surface area contributed by atoms with Crippen LogP contribution in [0.1, 0.15) is 44.9 Å². The molecule has 0 radical (unpaired) electrons. The van der Waals surface area contributed by atoms with E-state index < -0.39 is 0 Å². The number of nitrogens with one attached hydrogen (secondary N) is 1. The number of benzene rings is 1. The van der Waals surface area contributed by atoms with E-state index in [-0.39, 0.29) is 17.6 Å². The minimum atomic E-state index is -0.148. The van der Waals surface area contributed by atoms with Crippen molar-refractivity contribution >= 4 is 11.6 Å². The number of carbonyl (C=O) groups is 2. The molecule has 1 aliphatic carbocycles. The Bertz CT molecular complexity index is 760. The van der Waals surface area contributed by atoms with Gasteiger partial charge in [-0.05, 0) is 6.92 Å². The number of ketones is 2. The number of rotatable bonds is 0. The predicted octanol–water partition coefficient (Wildman–Crippen LogP) is 1.15. The molecule has 100 valence electrons. The standard InChI is InChI=1S/C15H13N3O2/c1-8-7-18-11(6-16-8)17-12-13(18)15(20)10-5-3-2-4-9(10)14(12)19/h2-5,8,16H,6-7H2,1H3. The number of aromatic nitrogens is 2. The highest BCUT2D eigenvalue weighted by Gasteiger charge is 2.36. The number of hydrogen-bond donors (Lipinski definition) is 1. The van der Waals surface area contributed by atoms with E-state index in [1.54, 1.807) is 24.3 Å². The molecule has 1 unspecified atom stereocenters. The zero-order valence-corrected chi connectivity index (χ0v) is 11.0. The van der Waals surface area contributed by atoms with Crippen LogP contribution in [0.2, 0.25) is 0 Å². The zero-order valence-electron chi connectivity index (χ0n) is 11.0. The molecule has 2 aliphatic rings. The molecule has 0 saturated heterocycles. The van der Waals surface area contributed by atoms with Gasteiger partial charge >= 0.3 is 0 Å². The van der Waals surface area contributed by atoms with Crippen LogP contribution in [-0.4, -0.2) is 27.2 Å². The molecule has 0 spiro atoms. The van der Waals surface area contributed by atoms with Crippen LogP contribution in [0.4, 0.5) is 0 Å². The summed E-state index contributed by atoms with van der Waals surface area (Å²) in [5.41, 5.74) is 1.71. The zero-order chi connectivity index (χ0) is 13.9. The summed E-state index contributed by atoms with van der Waals surface area (Å²) in [6.07, 6.45) is 0. The maximum atomic E-state index is 12.7. The third kappa shape index (κ3) is 1.38. The van der Waals surface area contributed by atoms with Crippen LogP contribution in [-0.2, 0) is 13.1 Å². The van der Waals surface area contributed by atoms with Crippen LogP contribution in [0.15, 0.2) is 24.3 Å². The lowest BCUT2D eigenvalue weighted by Crippen LogP contribution is -2.38. The Morgan fingerprint density at radius 2 is 1.90 bits per heavy atom. The van der Waals surface area contributed by atoms with Crippen LogP contribution < -0.4 is 5.32 Å². The van der Waals surface area contributed by atoms with Crippen LogP contribution in [0, 0.1) is 0 Å². The first-order chi connectivity index (χ1) is 9.66. The molecule has 0 fully saturated rings. The van der Waals surface area contributed by atoms with Gasteiger partial charge in [-0.1, -0.05) is 24.3 Å². The predicted molar refractivity (Wildman–Crippen MR) is 71.8 cm³/mol. The molecule has 1 atom stereocenters. The van der Waals surface area contributed by atoms with E-state index in [9.17, 15) is 9.59 Å². The minimum Gasteiger partial charge on any atom is -0.322 e. The molecule has 2 aromatic rings. The molecule has 1 N–H and O–H groups in total. The molecular formula is C15H13N3O2. The third-order valence-corrected chi connectivity index (χ3v) is 3.96. The maximum Gasteiger partial charge on any atom is 0.214 e. The van der Waals surface area contributed by atoms with Crippen molar-refractivity contribution in [3.63, 3.8) is 0 Å². The summed E-state index contributed by atoms with van der Waals surface area (Å²) in [7, 11) is 0. The molecule has 0 saturated carbocycles. The maximum absolute atomic E-state index is 12.7. The lowest BCUT2D eigenvalue weighted by molar-refractivity contribution is 0.0970. The lowest BCUT2D eigenvalue weighted by Gasteiger charge is -2.24. The highest BCUT2D eigenvalue weighted by molar-refractivity contribution is 6.27. The van der Waals surface area contributed by atoms with Gasteiger partial charge < -0.3 is 9.88 Å². The van der Waals surface area contributed by atoms with Crippen molar-refractivity contribution in [1.82, 2.24) is 14.9 Å². The van der Waals surface area contributed by atoms with Gasteiger partial charge in [0.2, 0.25) is 11.6 Å². The Morgan fingerprint density at radius 3 is 2.65 bits per heavy atom. The van der Waals surface area contributed by atoms with Gasteiger partial charge in [-0.15, -0.1) is 0 Å². The quantitative estimate of drug-likeness (QED) is 0.663. The highest BCUT2D eigenvalue weighted by Crippen LogP contribution is 2.28.